The fourth-order valence-electron chi connectivity index (χ4n) is 2.75. The number of aryl methyl sites for hydroxylation is 1. The first-order valence-corrected chi connectivity index (χ1v) is 11.7. The van der Waals surface area contributed by atoms with E-state index in [1.165, 1.54) is 6.26 Å². The normalized spacial score (nSPS) is 12.6. The van der Waals surface area contributed by atoms with Crippen molar-refractivity contribution in [1.29, 1.82) is 0 Å². The lowest BCUT2D eigenvalue weighted by Gasteiger charge is -2.15. The average molecular weight is 545 g/mol. The van der Waals surface area contributed by atoms with Crippen molar-refractivity contribution in [3.63, 3.8) is 0 Å². The summed E-state index contributed by atoms with van der Waals surface area (Å²) in [6.07, 6.45) is 1.94. The molecule has 8 heteroatoms. The topological polar surface area (TPSA) is 79.8 Å². The monoisotopic (exact) mass is 545 g/mol. The van der Waals surface area contributed by atoms with Crippen molar-refractivity contribution in [1.82, 2.24) is 10.6 Å². The molecule has 0 amide bonds. The number of benzene rings is 2. The Bertz CT molecular complexity index is 915. The first-order valence-electron chi connectivity index (χ1n) is 9.82. The predicted octanol–water partition coefficient (Wildman–Crippen LogP) is 3.58. The van der Waals surface area contributed by atoms with Gasteiger partial charge in [-0.25, -0.2) is 13.4 Å². The Morgan fingerprint density at radius 2 is 1.83 bits per heavy atom. The van der Waals surface area contributed by atoms with Gasteiger partial charge >= 0.3 is 0 Å². The van der Waals surface area contributed by atoms with Crippen molar-refractivity contribution in [3.05, 3.63) is 59.7 Å². The second-order valence-corrected chi connectivity index (χ2v) is 9.07. The van der Waals surface area contributed by atoms with Crippen LogP contribution in [-0.2, 0) is 16.3 Å². The molecule has 0 radical (unpaired) electrons. The van der Waals surface area contributed by atoms with E-state index in [4.69, 9.17) is 4.74 Å². The lowest BCUT2D eigenvalue weighted by Crippen LogP contribution is -2.39. The molecule has 30 heavy (non-hydrogen) atoms. The van der Waals surface area contributed by atoms with Gasteiger partial charge in [-0.05, 0) is 62.6 Å². The van der Waals surface area contributed by atoms with Gasteiger partial charge in [-0.15, -0.1) is 24.0 Å². The minimum Gasteiger partial charge on any atom is -0.489 e. The second kappa shape index (κ2) is 12.8. The Kier molecular flexibility index (Phi) is 11.2. The molecule has 0 heterocycles. The summed E-state index contributed by atoms with van der Waals surface area (Å²) in [4.78, 5) is 4.94. The number of hydrogen-bond acceptors (Lipinski definition) is 4. The van der Waals surface area contributed by atoms with Crippen LogP contribution in [0.15, 0.2) is 58.4 Å². The molecular weight excluding hydrogens is 513 g/mol. The van der Waals surface area contributed by atoms with Crippen LogP contribution in [0.1, 0.15) is 25.0 Å². The molecule has 1 atom stereocenters. The molecule has 0 fully saturated rings. The molecule has 2 aromatic carbocycles. The quantitative estimate of drug-likeness (QED) is 0.286. The third kappa shape index (κ3) is 9.34. The summed E-state index contributed by atoms with van der Waals surface area (Å²) < 4.78 is 29.0. The van der Waals surface area contributed by atoms with Gasteiger partial charge in [0.15, 0.2) is 15.8 Å². The summed E-state index contributed by atoms with van der Waals surface area (Å²) in [5, 5.41) is 6.54. The van der Waals surface area contributed by atoms with Crippen LogP contribution < -0.4 is 15.4 Å². The van der Waals surface area contributed by atoms with Gasteiger partial charge in [0.2, 0.25) is 0 Å². The maximum absolute atomic E-state index is 11.5. The van der Waals surface area contributed by atoms with Crippen LogP contribution >= 0.6 is 24.0 Å². The molecule has 0 aliphatic carbocycles. The summed E-state index contributed by atoms with van der Waals surface area (Å²) in [7, 11) is -3.16. The number of sulfone groups is 1. The summed E-state index contributed by atoms with van der Waals surface area (Å²) in [5.41, 5.74) is 2.23. The maximum Gasteiger partial charge on any atom is 0.191 e. The van der Waals surface area contributed by atoms with Crippen LogP contribution in [0.4, 0.5) is 0 Å². The molecule has 2 N–H and O–H groups in total. The van der Waals surface area contributed by atoms with Crippen LogP contribution in [0.3, 0.4) is 0 Å². The number of halogens is 1. The van der Waals surface area contributed by atoms with Crippen molar-refractivity contribution in [2.45, 2.75) is 38.2 Å². The highest BCUT2D eigenvalue weighted by atomic mass is 127. The number of aliphatic imine (C=N–C) groups is 1. The summed E-state index contributed by atoms with van der Waals surface area (Å²) in [6, 6.07) is 15.0. The van der Waals surface area contributed by atoms with E-state index in [0.717, 1.165) is 35.8 Å². The van der Waals surface area contributed by atoms with E-state index in [1.54, 1.807) is 12.1 Å². The van der Waals surface area contributed by atoms with Gasteiger partial charge in [0.25, 0.3) is 0 Å². The van der Waals surface area contributed by atoms with E-state index in [9.17, 15) is 8.42 Å². The third-order valence-electron chi connectivity index (χ3n) is 4.24. The summed E-state index contributed by atoms with van der Waals surface area (Å²) in [5.74, 6) is 1.59. The number of nitrogens with zero attached hydrogens (tertiary/aromatic N) is 1. The largest absolute Gasteiger partial charge is 0.489 e. The summed E-state index contributed by atoms with van der Waals surface area (Å²) >= 11 is 0. The fraction of sp³-hybridized carbons (Fsp3) is 0.409. The van der Waals surface area contributed by atoms with E-state index >= 15 is 0 Å². The van der Waals surface area contributed by atoms with Gasteiger partial charge < -0.3 is 15.4 Å². The number of hydrogen-bond donors (Lipinski definition) is 2. The Labute approximate surface area is 197 Å². The molecule has 0 aromatic heterocycles. The highest BCUT2D eigenvalue weighted by Gasteiger charge is 2.07. The molecule has 0 saturated carbocycles. The molecular formula is C22H32IN3O3S. The van der Waals surface area contributed by atoms with Gasteiger partial charge in [-0.3, -0.25) is 0 Å². The molecule has 1 unspecified atom stereocenters. The average Bonchev–Trinajstić information content (AvgIpc) is 2.66. The predicted molar refractivity (Wildman–Crippen MR) is 134 cm³/mol. The first-order chi connectivity index (χ1) is 13.8. The molecule has 2 aromatic rings. The molecule has 0 spiro atoms. The van der Waals surface area contributed by atoms with E-state index in [2.05, 4.69) is 15.6 Å². The van der Waals surface area contributed by atoms with Gasteiger partial charge in [0.05, 0.1) is 11.4 Å². The Morgan fingerprint density at radius 1 is 1.13 bits per heavy atom. The Balaban J connectivity index is 0.00000450. The zero-order valence-electron chi connectivity index (χ0n) is 18.0. The number of nitrogens with one attached hydrogen (secondary N) is 2. The lowest BCUT2D eigenvalue weighted by atomic mass is 10.1. The SMILES string of the molecule is CCNC(=NCC(C)Oc1cccc(C)c1)NCCc1ccc(S(C)(=O)=O)cc1.I. The van der Waals surface area contributed by atoms with Crippen molar-refractivity contribution >= 4 is 39.8 Å². The highest BCUT2D eigenvalue weighted by molar-refractivity contribution is 14.0. The Morgan fingerprint density at radius 3 is 2.43 bits per heavy atom. The van der Waals surface area contributed by atoms with E-state index in [0.29, 0.717) is 18.0 Å². The molecule has 2 rings (SSSR count). The van der Waals surface area contributed by atoms with Gasteiger partial charge in [-0.1, -0.05) is 24.3 Å². The number of ether oxygens (including phenoxy) is 1. The molecule has 0 aliphatic heterocycles. The molecule has 6 nitrogen and oxygen atoms in total. The maximum atomic E-state index is 11.5. The highest BCUT2D eigenvalue weighted by Crippen LogP contribution is 2.14. The lowest BCUT2D eigenvalue weighted by molar-refractivity contribution is 0.230. The fourth-order valence-corrected chi connectivity index (χ4v) is 3.38. The second-order valence-electron chi connectivity index (χ2n) is 7.06. The van der Waals surface area contributed by atoms with Gasteiger partial charge in [-0.2, -0.15) is 0 Å². The molecule has 0 saturated heterocycles. The van der Waals surface area contributed by atoms with Crippen LogP contribution in [-0.4, -0.2) is 46.4 Å². The third-order valence-corrected chi connectivity index (χ3v) is 5.36. The van der Waals surface area contributed by atoms with E-state index in [-0.39, 0.29) is 30.1 Å². The van der Waals surface area contributed by atoms with Gasteiger partial charge in [0, 0.05) is 19.3 Å². The van der Waals surface area contributed by atoms with Crippen molar-refractivity contribution in [2.75, 3.05) is 25.9 Å². The smallest absolute Gasteiger partial charge is 0.191 e. The molecule has 0 aliphatic rings. The standard InChI is InChI=1S/C22H31N3O3S.HI/c1-5-23-22(25-16-18(3)28-20-8-6-7-17(2)15-20)24-14-13-19-9-11-21(12-10-19)29(4,26)27;/h6-12,15,18H,5,13-14,16H2,1-4H3,(H2,23,24,25);1H. The van der Waals surface area contributed by atoms with Crippen LogP contribution in [0.2, 0.25) is 0 Å². The van der Waals surface area contributed by atoms with Gasteiger partial charge in [0.1, 0.15) is 11.9 Å². The van der Waals surface area contributed by atoms with Crippen molar-refractivity contribution < 1.29 is 13.2 Å². The minimum absolute atomic E-state index is 0. The summed E-state index contributed by atoms with van der Waals surface area (Å²) in [6.45, 7) is 8.05. The minimum atomic E-state index is -3.16. The molecule has 166 valence electrons. The first kappa shape index (κ1) is 26.2. The van der Waals surface area contributed by atoms with E-state index in [1.807, 2.05) is 57.2 Å². The van der Waals surface area contributed by atoms with Crippen LogP contribution in [0, 0.1) is 6.92 Å². The van der Waals surface area contributed by atoms with Crippen LogP contribution in [0.5, 0.6) is 5.75 Å². The van der Waals surface area contributed by atoms with Crippen LogP contribution in [0.25, 0.3) is 0 Å². The Hall–Kier alpha value is -1.81. The zero-order valence-corrected chi connectivity index (χ0v) is 21.2. The zero-order chi connectivity index (χ0) is 21.3. The van der Waals surface area contributed by atoms with E-state index < -0.39 is 9.84 Å². The number of rotatable bonds is 9. The molecule has 0 bridgehead atoms. The van der Waals surface area contributed by atoms with Crippen molar-refractivity contribution in [2.24, 2.45) is 4.99 Å². The van der Waals surface area contributed by atoms with Crippen molar-refractivity contribution in [3.8, 4) is 5.75 Å². The number of guanidine groups is 1.